The van der Waals surface area contributed by atoms with E-state index in [9.17, 15) is 14.9 Å². The second-order valence-corrected chi connectivity index (χ2v) is 3.58. The summed E-state index contributed by atoms with van der Waals surface area (Å²) in [6.07, 6.45) is 2.03. The molecule has 0 spiro atoms. The van der Waals surface area contributed by atoms with E-state index in [4.69, 9.17) is 4.74 Å². The Hall–Kier alpha value is -1.92. The SMILES string of the molecule is CCOC(=O)c1nn([C@H](C)CC)cc1[N+](=O)[O-]. The van der Waals surface area contributed by atoms with Crippen molar-refractivity contribution in [3.05, 3.63) is 22.0 Å². The molecule has 0 fully saturated rings. The molecule has 0 aromatic carbocycles. The molecule has 17 heavy (non-hydrogen) atoms. The molecule has 1 aromatic rings. The molecule has 0 aliphatic rings. The molecule has 1 rings (SSSR count). The fourth-order valence-corrected chi connectivity index (χ4v) is 1.27. The van der Waals surface area contributed by atoms with E-state index in [-0.39, 0.29) is 24.0 Å². The quantitative estimate of drug-likeness (QED) is 0.446. The van der Waals surface area contributed by atoms with Crippen molar-refractivity contribution in [2.75, 3.05) is 6.61 Å². The molecular weight excluding hydrogens is 226 g/mol. The van der Waals surface area contributed by atoms with Gasteiger partial charge in [-0.05, 0) is 20.3 Å². The van der Waals surface area contributed by atoms with Gasteiger partial charge in [0.2, 0.25) is 5.69 Å². The van der Waals surface area contributed by atoms with Crippen LogP contribution in [0.4, 0.5) is 5.69 Å². The maximum absolute atomic E-state index is 11.5. The van der Waals surface area contributed by atoms with Gasteiger partial charge in [0.1, 0.15) is 6.20 Å². The molecule has 0 saturated heterocycles. The molecule has 0 aliphatic heterocycles. The molecule has 0 amide bonds. The van der Waals surface area contributed by atoms with Gasteiger partial charge in [-0.1, -0.05) is 6.92 Å². The number of hydrogen-bond donors (Lipinski definition) is 0. The molecule has 1 heterocycles. The molecule has 1 atom stereocenters. The van der Waals surface area contributed by atoms with Gasteiger partial charge in [0.25, 0.3) is 0 Å². The summed E-state index contributed by atoms with van der Waals surface area (Å²) < 4.78 is 6.15. The summed E-state index contributed by atoms with van der Waals surface area (Å²) in [5.41, 5.74) is -0.555. The van der Waals surface area contributed by atoms with Gasteiger partial charge >= 0.3 is 11.7 Å². The topological polar surface area (TPSA) is 87.3 Å². The summed E-state index contributed by atoms with van der Waals surface area (Å²) in [5, 5.41) is 14.7. The Balaban J connectivity index is 3.14. The Morgan fingerprint density at radius 1 is 1.65 bits per heavy atom. The van der Waals surface area contributed by atoms with Gasteiger partial charge in [-0.25, -0.2) is 4.79 Å². The molecule has 0 radical (unpaired) electrons. The van der Waals surface area contributed by atoms with Gasteiger partial charge < -0.3 is 4.74 Å². The summed E-state index contributed by atoms with van der Waals surface area (Å²) >= 11 is 0. The van der Waals surface area contributed by atoms with Gasteiger partial charge in [-0.15, -0.1) is 0 Å². The van der Waals surface area contributed by atoms with Gasteiger partial charge in [0.15, 0.2) is 0 Å². The monoisotopic (exact) mass is 241 g/mol. The van der Waals surface area contributed by atoms with E-state index in [1.165, 1.54) is 10.9 Å². The van der Waals surface area contributed by atoms with Gasteiger partial charge in [-0.3, -0.25) is 14.8 Å². The normalized spacial score (nSPS) is 12.2. The maximum atomic E-state index is 11.5. The highest BCUT2D eigenvalue weighted by Crippen LogP contribution is 2.21. The molecule has 0 bridgehead atoms. The third kappa shape index (κ3) is 2.80. The molecule has 7 nitrogen and oxygen atoms in total. The average molecular weight is 241 g/mol. The highest BCUT2D eigenvalue weighted by molar-refractivity contribution is 5.91. The van der Waals surface area contributed by atoms with Crippen LogP contribution in [0.2, 0.25) is 0 Å². The predicted molar refractivity (Wildman–Crippen MR) is 59.8 cm³/mol. The van der Waals surface area contributed by atoms with Crippen LogP contribution in [0.15, 0.2) is 6.20 Å². The first-order valence-corrected chi connectivity index (χ1v) is 5.41. The number of rotatable bonds is 5. The third-order valence-electron chi connectivity index (χ3n) is 2.42. The first-order valence-electron chi connectivity index (χ1n) is 5.41. The number of esters is 1. The highest BCUT2D eigenvalue weighted by atomic mass is 16.6. The smallest absolute Gasteiger partial charge is 0.366 e. The molecule has 7 heteroatoms. The van der Waals surface area contributed by atoms with E-state index in [1.54, 1.807) is 6.92 Å². The number of carbonyl (C=O) groups is 1. The number of nitro groups is 1. The molecule has 0 aliphatic carbocycles. The van der Waals surface area contributed by atoms with Gasteiger partial charge in [0, 0.05) is 6.04 Å². The summed E-state index contributed by atoms with van der Waals surface area (Å²) in [6.45, 7) is 5.59. The van der Waals surface area contributed by atoms with E-state index in [0.717, 1.165) is 6.42 Å². The van der Waals surface area contributed by atoms with Crippen LogP contribution >= 0.6 is 0 Å². The van der Waals surface area contributed by atoms with Crippen LogP contribution in [0.1, 0.15) is 43.7 Å². The zero-order valence-electron chi connectivity index (χ0n) is 10.0. The zero-order chi connectivity index (χ0) is 13.0. The van der Waals surface area contributed by atoms with E-state index in [0.29, 0.717) is 0 Å². The van der Waals surface area contributed by atoms with Crippen molar-refractivity contribution < 1.29 is 14.5 Å². The molecule has 0 unspecified atom stereocenters. The lowest BCUT2D eigenvalue weighted by Gasteiger charge is -2.06. The summed E-state index contributed by atoms with van der Waals surface area (Å²) in [6, 6.07) is -0.00289. The molecular formula is C10H15N3O4. The van der Waals surface area contributed by atoms with Crippen molar-refractivity contribution in [1.82, 2.24) is 9.78 Å². The van der Waals surface area contributed by atoms with Crippen molar-refractivity contribution >= 4 is 11.7 Å². The minimum atomic E-state index is -0.763. The Morgan fingerprint density at radius 3 is 2.76 bits per heavy atom. The molecule has 1 aromatic heterocycles. The Kier molecular flexibility index (Phi) is 4.19. The summed E-state index contributed by atoms with van der Waals surface area (Å²) in [7, 11) is 0. The first kappa shape index (κ1) is 13.1. The Bertz CT molecular complexity index is 427. The lowest BCUT2D eigenvalue weighted by Crippen LogP contribution is -2.10. The number of nitrogens with zero attached hydrogens (tertiary/aromatic N) is 3. The third-order valence-corrected chi connectivity index (χ3v) is 2.42. The van der Waals surface area contributed by atoms with Crippen LogP contribution < -0.4 is 0 Å². The molecule has 94 valence electrons. The number of hydrogen-bond acceptors (Lipinski definition) is 5. The second kappa shape index (κ2) is 5.42. The molecule has 0 N–H and O–H groups in total. The minimum absolute atomic E-state index is 0.00289. The van der Waals surface area contributed by atoms with Crippen LogP contribution in [0, 0.1) is 10.1 Å². The van der Waals surface area contributed by atoms with Crippen molar-refractivity contribution in [2.45, 2.75) is 33.2 Å². The maximum Gasteiger partial charge on any atom is 0.366 e. The minimum Gasteiger partial charge on any atom is -0.461 e. The fourth-order valence-electron chi connectivity index (χ4n) is 1.27. The second-order valence-electron chi connectivity index (χ2n) is 3.58. The van der Waals surface area contributed by atoms with E-state index < -0.39 is 10.9 Å². The van der Waals surface area contributed by atoms with Crippen LogP contribution in [0.3, 0.4) is 0 Å². The van der Waals surface area contributed by atoms with E-state index in [1.807, 2.05) is 13.8 Å². The number of aromatic nitrogens is 2. The number of carbonyl (C=O) groups excluding carboxylic acids is 1. The van der Waals surface area contributed by atoms with Gasteiger partial charge in [-0.2, -0.15) is 5.10 Å². The zero-order valence-corrected chi connectivity index (χ0v) is 10.0. The van der Waals surface area contributed by atoms with Crippen molar-refractivity contribution in [1.29, 1.82) is 0 Å². The van der Waals surface area contributed by atoms with Crippen LogP contribution in [-0.4, -0.2) is 27.3 Å². The van der Waals surface area contributed by atoms with Crippen molar-refractivity contribution in [3.8, 4) is 0 Å². The lowest BCUT2D eigenvalue weighted by molar-refractivity contribution is -0.385. The van der Waals surface area contributed by atoms with Crippen molar-refractivity contribution in [2.24, 2.45) is 0 Å². The number of ether oxygens (including phenoxy) is 1. The van der Waals surface area contributed by atoms with Crippen molar-refractivity contribution in [3.63, 3.8) is 0 Å². The van der Waals surface area contributed by atoms with Gasteiger partial charge in [0.05, 0.1) is 11.5 Å². The largest absolute Gasteiger partial charge is 0.461 e. The Labute approximate surface area is 98.5 Å². The highest BCUT2D eigenvalue weighted by Gasteiger charge is 2.27. The molecule has 0 saturated carbocycles. The van der Waals surface area contributed by atoms with Crippen LogP contribution in [0.25, 0.3) is 0 Å². The lowest BCUT2D eigenvalue weighted by atomic mass is 10.3. The summed E-state index contributed by atoms with van der Waals surface area (Å²) in [4.78, 5) is 21.7. The first-order chi connectivity index (χ1) is 8.01. The van der Waals surface area contributed by atoms with E-state index >= 15 is 0 Å². The average Bonchev–Trinajstić information content (AvgIpc) is 2.73. The fraction of sp³-hybridized carbons (Fsp3) is 0.600. The standard InChI is InChI=1S/C10H15N3O4/c1-4-7(3)12-6-8(13(15)16)9(11-12)10(14)17-5-2/h6-7H,4-5H2,1-3H3/t7-/m1/s1. The summed E-state index contributed by atoms with van der Waals surface area (Å²) in [5.74, 6) is -0.763. The Morgan fingerprint density at radius 2 is 2.29 bits per heavy atom. The van der Waals surface area contributed by atoms with Crippen LogP contribution in [0.5, 0.6) is 0 Å². The van der Waals surface area contributed by atoms with E-state index in [2.05, 4.69) is 5.10 Å². The van der Waals surface area contributed by atoms with Crippen LogP contribution in [-0.2, 0) is 4.74 Å². The predicted octanol–water partition coefficient (Wildman–Crippen LogP) is 1.94.